The van der Waals surface area contributed by atoms with E-state index < -0.39 is 0 Å². The smallest absolute Gasteiger partial charge is 0.246 e. The van der Waals surface area contributed by atoms with E-state index in [2.05, 4.69) is 28.7 Å². The molecule has 4 heteroatoms. The number of aromatic nitrogens is 1. The lowest BCUT2D eigenvalue weighted by atomic mass is 10.4. The van der Waals surface area contributed by atoms with E-state index in [9.17, 15) is 4.79 Å². The minimum Gasteiger partial charge on any atom is -0.345 e. The molecular formula is C12H14N2OS. The Balaban J connectivity index is 2.27. The Morgan fingerprint density at radius 3 is 3.06 bits per heavy atom. The number of nitrogens with zero attached hydrogens (tertiary/aromatic N) is 2. The lowest BCUT2D eigenvalue weighted by Gasteiger charge is -2.15. The van der Waals surface area contributed by atoms with Crippen molar-refractivity contribution in [1.82, 2.24) is 9.47 Å². The third-order valence-corrected chi connectivity index (χ3v) is 3.57. The summed E-state index contributed by atoms with van der Waals surface area (Å²) in [6.07, 6.45) is 1.34. The van der Waals surface area contributed by atoms with Crippen molar-refractivity contribution in [2.45, 2.75) is 6.54 Å². The summed E-state index contributed by atoms with van der Waals surface area (Å²) in [5.41, 5.74) is 2.36. The van der Waals surface area contributed by atoms with Crippen molar-refractivity contribution in [3.63, 3.8) is 0 Å². The summed E-state index contributed by atoms with van der Waals surface area (Å²) < 4.78 is 3.38. The molecule has 16 heavy (non-hydrogen) atoms. The molecule has 0 atom stereocenters. The SMILES string of the molecule is C=CC(=O)N(C)Cc1cc2sccc2n1C. The number of amides is 1. The van der Waals surface area contributed by atoms with Gasteiger partial charge in [0.1, 0.15) is 0 Å². The first-order valence-electron chi connectivity index (χ1n) is 5.03. The van der Waals surface area contributed by atoms with Gasteiger partial charge in [0.05, 0.1) is 16.8 Å². The van der Waals surface area contributed by atoms with E-state index in [1.54, 1.807) is 23.3 Å². The Morgan fingerprint density at radius 2 is 2.44 bits per heavy atom. The van der Waals surface area contributed by atoms with Crippen LogP contribution < -0.4 is 0 Å². The predicted molar refractivity (Wildman–Crippen MR) is 67.5 cm³/mol. The van der Waals surface area contributed by atoms with Crippen LogP contribution in [0.5, 0.6) is 0 Å². The molecule has 0 saturated heterocycles. The number of carbonyl (C=O) groups excluding carboxylic acids is 1. The maximum Gasteiger partial charge on any atom is 0.246 e. The Bertz CT molecular complexity index is 538. The van der Waals surface area contributed by atoms with Gasteiger partial charge in [-0.05, 0) is 23.6 Å². The zero-order valence-electron chi connectivity index (χ0n) is 9.43. The van der Waals surface area contributed by atoms with E-state index in [-0.39, 0.29) is 5.91 Å². The highest BCUT2D eigenvalue weighted by Crippen LogP contribution is 2.24. The highest BCUT2D eigenvalue weighted by molar-refractivity contribution is 7.17. The predicted octanol–water partition coefficient (Wildman–Crippen LogP) is 2.38. The van der Waals surface area contributed by atoms with E-state index in [1.165, 1.54) is 16.3 Å². The number of aryl methyl sites for hydroxylation is 1. The van der Waals surface area contributed by atoms with E-state index in [0.29, 0.717) is 6.54 Å². The van der Waals surface area contributed by atoms with Gasteiger partial charge in [-0.15, -0.1) is 11.3 Å². The van der Waals surface area contributed by atoms with Gasteiger partial charge in [0.15, 0.2) is 0 Å². The molecule has 0 aliphatic carbocycles. The molecular weight excluding hydrogens is 220 g/mol. The Kier molecular flexibility index (Phi) is 2.83. The highest BCUT2D eigenvalue weighted by Gasteiger charge is 2.10. The van der Waals surface area contributed by atoms with Crippen LogP contribution in [0.3, 0.4) is 0 Å². The van der Waals surface area contributed by atoms with Crippen molar-refractivity contribution in [3.05, 3.63) is 35.9 Å². The van der Waals surface area contributed by atoms with Crippen LogP contribution in [0.4, 0.5) is 0 Å². The molecule has 0 aliphatic rings. The molecule has 0 N–H and O–H groups in total. The zero-order valence-corrected chi connectivity index (χ0v) is 10.3. The highest BCUT2D eigenvalue weighted by atomic mass is 32.1. The van der Waals surface area contributed by atoms with Crippen molar-refractivity contribution in [2.75, 3.05) is 7.05 Å². The fraction of sp³-hybridized carbons (Fsp3) is 0.250. The third-order valence-electron chi connectivity index (χ3n) is 2.71. The zero-order chi connectivity index (χ0) is 11.7. The number of likely N-dealkylation sites (N-methyl/N-ethyl adjacent to an activating group) is 1. The monoisotopic (exact) mass is 234 g/mol. The molecule has 0 bridgehead atoms. The molecule has 0 spiro atoms. The molecule has 0 radical (unpaired) electrons. The van der Waals surface area contributed by atoms with Crippen LogP contribution in [0.1, 0.15) is 5.69 Å². The average molecular weight is 234 g/mol. The summed E-state index contributed by atoms with van der Waals surface area (Å²) >= 11 is 1.72. The second-order valence-corrected chi connectivity index (χ2v) is 4.71. The van der Waals surface area contributed by atoms with Crippen LogP contribution in [-0.4, -0.2) is 22.4 Å². The van der Waals surface area contributed by atoms with Crippen LogP contribution >= 0.6 is 11.3 Å². The van der Waals surface area contributed by atoms with Crippen LogP contribution in [0.2, 0.25) is 0 Å². The van der Waals surface area contributed by atoms with Crippen molar-refractivity contribution in [3.8, 4) is 0 Å². The fourth-order valence-electron chi connectivity index (χ4n) is 1.73. The molecule has 2 aromatic rings. The maximum absolute atomic E-state index is 11.4. The van der Waals surface area contributed by atoms with Crippen molar-refractivity contribution < 1.29 is 4.79 Å². The molecule has 2 rings (SSSR count). The van der Waals surface area contributed by atoms with Crippen LogP contribution in [0.25, 0.3) is 10.2 Å². The quantitative estimate of drug-likeness (QED) is 0.749. The Hall–Kier alpha value is -1.55. The van der Waals surface area contributed by atoms with Crippen molar-refractivity contribution in [1.29, 1.82) is 0 Å². The summed E-state index contributed by atoms with van der Waals surface area (Å²) in [5.74, 6) is -0.0513. The van der Waals surface area contributed by atoms with Crippen LogP contribution in [0, 0.1) is 0 Å². The first kappa shape index (κ1) is 11.0. The topological polar surface area (TPSA) is 25.2 Å². The number of hydrogen-bond acceptors (Lipinski definition) is 2. The van der Waals surface area contributed by atoms with Gasteiger partial charge < -0.3 is 9.47 Å². The fourth-order valence-corrected chi connectivity index (χ4v) is 2.60. The van der Waals surface area contributed by atoms with Gasteiger partial charge in [0.25, 0.3) is 0 Å². The summed E-state index contributed by atoms with van der Waals surface area (Å²) in [4.78, 5) is 13.0. The lowest BCUT2D eigenvalue weighted by Crippen LogP contribution is -2.24. The Labute approximate surface area is 98.6 Å². The van der Waals surface area contributed by atoms with Gasteiger partial charge in [-0.2, -0.15) is 0 Å². The molecule has 0 unspecified atom stereocenters. The maximum atomic E-state index is 11.4. The number of fused-ring (bicyclic) bond motifs is 1. The minimum atomic E-state index is -0.0513. The molecule has 3 nitrogen and oxygen atoms in total. The van der Waals surface area contributed by atoms with Gasteiger partial charge >= 0.3 is 0 Å². The summed E-state index contributed by atoms with van der Waals surface area (Å²) in [6.45, 7) is 4.10. The molecule has 0 aliphatic heterocycles. The van der Waals surface area contributed by atoms with Gasteiger partial charge in [-0.25, -0.2) is 0 Å². The second kappa shape index (κ2) is 4.14. The van der Waals surface area contributed by atoms with Crippen molar-refractivity contribution in [2.24, 2.45) is 7.05 Å². The minimum absolute atomic E-state index is 0.0513. The average Bonchev–Trinajstić information content (AvgIpc) is 2.82. The number of thiophene rings is 1. The molecule has 0 saturated carbocycles. The van der Waals surface area contributed by atoms with E-state index in [4.69, 9.17) is 0 Å². The number of carbonyl (C=O) groups is 1. The number of hydrogen-bond donors (Lipinski definition) is 0. The third kappa shape index (κ3) is 1.76. The summed E-state index contributed by atoms with van der Waals surface area (Å²) in [5, 5.41) is 2.08. The summed E-state index contributed by atoms with van der Waals surface area (Å²) in [7, 11) is 3.81. The van der Waals surface area contributed by atoms with Gasteiger partial charge in [-0.1, -0.05) is 6.58 Å². The molecule has 2 aromatic heterocycles. The second-order valence-electron chi connectivity index (χ2n) is 3.76. The van der Waals surface area contributed by atoms with E-state index >= 15 is 0 Å². The van der Waals surface area contributed by atoms with Crippen LogP contribution in [0.15, 0.2) is 30.2 Å². The largest absolute Gasteiger partial charge is 0.345 e. The first-order chi connectivity index (χ1) is 7.63. The molecule has 0 aromatic carbocycles. The number of rotatable bonds is 3. The van der Waals surface area contributed by atoms with E-state index in [0.717, 1.165) is 5.69 Å². The van der Waals surface area contributed by atoms with Gasteiger partial charge in [0.2, 0.25) is 5.91 Å². The summed E-state index contributed by atoms with van der Waals surface area (Å²) in [6, 6.07) is 4.23. The molecule has 84 valence electrons. The Morgan fingerprint density at radius 1 is 1.69 bits per heavy atom. The molecule has 1 amide bonds. The first-order valence-corrected chi connectivity index (χ1v) is 5.90. The normalized spacial score (nSPS) is 10.6. The molecule has 2 heterocycles. The van der Waals surface area contributed by atoms with Crippen molar-refractivity contribution >= 4 is 27.5 Å². The lowest BCUT2D eigenvalue weighted by molar-refractivity contribution is -0.125. The van der Waals surface area contributed by atoms with Gasteiger partial charge in [0, 0.05) is 19.8 Å². The standard InChI is InChI=1S/C12H14N2OS/c1-4-12(15)13(2)8-9-7-11-10(14(9)3)5-6-16-11/h4-7H,1,8H2,2-3H3. The van der Waals surface area contributed by atoms with Crippen LogP contribution in [-0.2, 0) is 18.4 Å². The van der Waals surface area contributed by atoms with E-state index in [1.807, 2.05) is 7.05 Å². The van der Waals surface area contributed by atoms with Gasteiger partial charge in [-0.3, -0.25) is 4.79 Å². The molecule has 0 fully saturated rings.